The van der Waals surface area contributed by atoms with Gasteiger partial charge < -0.3 is 10.1 Å². The van der Waals surface area contributed by atoms with E-state index in [0.717, 1.165) is 0 Å². The second-order valence-corrected chi connectivity index (χ2v) is 4.02. The average Bonchev–Trinajstić information content (AvgIpc) is 2.46. The van der Waals surface area contributed by atoms with Crippen LogP contribution in [0.15, 0.2) is 30.5 Å². The van der Waals surface area contributed by atoms with Crippen LogP contribution in [-0.4, -0.2) is 17.6 Å². The smallest absolute Gasteiger partial charge is 0.339 e. The summed E-state index contributed by atoms with van der Waals surface area (Å²) in [6.07, 6.45) is 1.23. The zero-order chi connectivity index (χ0) is 15.4. The van der Waals surface area contributed by atoms with Crippen LogP contribution in [0.4, 0.5) is 24.7 Å². The van der Waals surface area contributed by atoms with Crippen molar-refractivity contribution in [2.24, 2.45) is 0 Å². The van der Waals surface area contributed by atoms with Gasteiger partial charge in [0.2, 0.25) is 0 Å². The molecular formula is C14H11F3N2O2. The van der Waals surface area contributed by atoms with E-state index in [1.54, 1.807) is 6.92 Å². The van der Waals surface area contributed by atoms with Gasteiger partial charge in [-0.15, -0.1) is 0 Å². The van der Waals surface area contributed by atoms with Gasteiger partial charge in [0.25, 0.3) is 0 Å². The molecule has 0 bridgehead atoms. The summed E-state index contributed by atoms with van der Waals surface area (Å²) < 4.78 is 44.1. The fourth-order valence-electron chi connectivity index (χ4n) is 1.56. The molecule has 1 heterocycles. The number of halogens is 3. The maximum Gasteiger partial charge on any atom is 0.339 e. The zero-order valence-corrected chi connectivity index (χ0v) is 11.0. The van der Waals surface area contributed by atoms with E-state index in [1.165, 1.54) is 18.3 Å². The highest BCUT2D eigenvalue weighted by Crippen LogP contribution is 2.21. The van der Waals surface area contributed by atoms with Crippen LogP contribution in [0.3, 0.4) is 0 Å². The van der Waals surface area contributed by atoms with E-state index >= 15 is 0 Å². The van der Waals surface area contributed by atoms with Crippen LogP contribution in [0.2, 0.25) is 0 Å². The van der Waals surface area contributed by atoms with E-state index in [-0.39, 0.29) is 23.7 Å². The first kappa shape index (κ1) is 14.8. The molecule has 0 saturated heterocycles. The van der Waals surface area contributed by atoms with Gasteiger partial charge >= 0.3 is 5.97 Å². The minimum absolute atomic E-state index is 0.174. The Kier molecular flexibility index (Phi) is 4.42. The molecule has 0 unspecified atom stereocenters. The SMILES string of the molecule is CCOC(=O)c1ccc(Nc2cc(F)c(F)cc2F)nc1. The molecule has 0 spiro atoms. The van der Waals surface area contributed by atoms with Crippen LogP contribution >= 0.6 is 0 Å². The number of ether oxygens (including phenoxy) is 1. The highest BCUT2D eigenvalue weighted by molar-refractivity contribution is 5.89. The van der Waals surface area contributed by atoms with E-state index in [0.29, 0.717) is 12.1 Å². The molecule has 1 aromatic heterocycles. The highest BCUT2D eigenvalue weighted by Gasteiger charge is 2.11. The third-order valence-corrected chi connectivity index (χ3v) is 2.55. The van der Waals surface area contributed by atoms with Gasteiger partial charge in [-0.2, -0.15) is 0 Å². The van der Waals surface area contributed by atoms with Crippen molar-refractivity contribution >= 4 is 17.5 Å². The predicted molar refractivity (Wildman–Crippen MR) is 69.8 cm³/mol. The van der Waals surface area contributed by atoms with Crippen LogP contribution < -0.4 is 5.32 Å². The van der Waals surface area contributed by atoms with E-state index < -0.39 is 23.4 Å². The molecule has 0 aliphatic heterocycles. The molecule has 0 radical (unpaired) electrons. The molecule has 0 atom stereocenters. The van der Waals surface area contributed by atoms with Crippen molar-refractivity contribution in [1.82, 2.24) is 4.98 Å². The van der Waals surface area contributed by atoms with Crippen molar-refractivity contribution in [2.45, 2.75) is 6.92 Å². The van der Waals surface area contributed by atoms with Crippen LogP contribution in [0.25, 0.3) is 0 Å². The van der Waals surface area contributed by atoms with E-state index in [9.17, 15) is 18.0 Å². The lowest BCUT2D eigenvalue weighted by Crippen LogP contribution is -2.05. The molecule has 21 heavy (non-hydrogen) atoms. The van der Waals surface area contributed by atoms with Crippen molar-refractivity contribution in [1.29, 1.82) is 0 Å². The summed E-state index contributed by atoms with van der Waals surface area (Å²) in [4.78, 5) is 15.3. The molecule has 0 fully saturated rings. The number of aromatic nitrogens is 1. The fraction of sp³-hybridized carbons (Fsp3) is 0.143. The summed E-state index contributed by atoms with van der Waals surface area (Å²) in [5.41, 5.74) is -0.0292. The first-order valence-electron chi connectivity index (χ1n) is 6.06. The molecule has 1 N–H and O–H groups in total. The number of carbonyl (C=O) groups is 1. The molecule has 4 nitrogen and oxygen atoms in total. The Morgan fingerprint density at radius 2 is 1.90 bits per heavy atom. The van der Waals surface area contributed by atoms with Crippen LogP contribution in [-0.2, 0) is 4.74 Å². The average molecular weight is 296 g/mol. The third kappa shape index (κ3) is 3.50. The summed E-state index contributed by atoms with van der Waals surface area (Å²) >= 11 is 0. The molecule has 2 aromatic rings. The molecule has 1 aromatic carbocycles. The minimum atomic E-state index is -1.27. The summed E-state index contributed by atoms with van der Waals surface area (Å²) in [7, 11) is 0. The normalized spacial score (nSPS) is 10.3. The van der Waals surface area contributed by atoms with E-state index in [2.05, 4.69) is 10.3 Å². The number of pyridine rings is 1. The number of hydrogen-bond donors (Lipinski definition) is 1. The Morgan fingerprint density at radius 3 is 2.52 bits per heavy atom. The van der Waals surface area contributed by atoms with E-state index in [4.69, 9.17) is 4.74 Å². The number of nitrogens with one attached hydrogen (secondary N) is 1. The molecule has 0 amide bonds. The van der Waals surface area contributed by atoms with Gasteiger partial charge in [-0.05, 0) is 19.1 Å². The van der Waals surface area contributed by atoms with Crippen molar-refractivity contribution in [2.75, 3.05) is 11.9 Å². The maximum absolute atomic E-state index is 13.5. The Bertz CT molecular complexity index is 660. The van der Waals surface area contributed by atoms with Gasteiger partial charge in [-0.3, -0.25) is 0 Å². The van der Waals surface area contributed by atoms with Gasteiger partial charge in [-0.1, -0.05) is 0 Å². The van der Waals surface area contributed by atoms with Gasteiger partial charge in [0.1, 0.15) is 11.6 Å². The second kappa shape index (κ2) is 6.25. The largest absolute Gasteiger partial charge is 0.462 e. The molecule has 7 heteroatoms. The number of nitrogens with zero attached hydrogens (tertiary/aromatic N) is 1. The van der Waals surface area contributed by atoms with Gasteiger partial charge in [0.05, 0.1) is 17.9 Å². The number of benzene rings is 1. The predicted octanol–water partition coefficient (Wildman–Crippen LogP) is 3.42. The number of hydrogen-bond acceptors (Lipinski definition) is 4. The first-order valence-corrected chi connectivity index (χ1v) is 6.06. The topological polar surface area (TPSA) is 51.2 Å². The lowest BCUT2D eigenvalue weighted by molar-refractivity contribution is 0.0526. The first-order chi connectivity index (χ1) is 10.0. The molecular weight excluding hydrogens is 285 g/mol. The lowest BCUT2D eigenvalue weighted by atomic mass is 10.2. The molecule has 2 rings (SSSR count). The summed E-state index contributed by atoms with van der Waals surface area (Å²) in [5, 5.41) is 2.49. The molecule has 0 saturated carbocycles. The second-order valence-electron chi connectivity index (χ2n) is 4.02. The van der Waals surface area contributed by atoms with Crippen LogP contribution in [0.5, 0.6) is 0 Å². The maximum atomic E-state index is 13.5. The monoisotopic (exact) mass is 296 g/mol. The number of carbonyl (C=O) groups excluding carboxylic acids is 1. The third-order valence-electron chi connectivity index (χ3n) is 2.55. The van der Waals surface area contributed by atoms with Gasteiger partial charge in [0.15, 0.2) is 11.6 Å². The summed E-state index contributed by atoms with van der Waals surface area (Å²) in [5.74, 6) is -3.76. The summed E-state index contributed by atoms with van der Waals surface area (Å²) in [6.45, 7) is 1.91. The van der Waals surface area contributed by atoms with Gasteiger partial charge in [-0.25, -0.2) is 22.9 Å². The molecule has 0 aliphatic carbocycles. The Labute approximate surface area is 118 Å². The number of anilines is 2. The fourth-order valence-corrected chi connectivity index (χ4v) is 1.56. The van der Waals surface area contributed by atoms with Crippen molar-refractivity contribution in [3.63, 3.8) is 0 Å². The standard InChI is InChI=1S/C14H11F3N2O2/c1-2-21-14(20)8-3-4-13(18-7-8)19-12-6-10(16)9(15)5-11(12)17/h3-7H,2H2,1H3,(H,18,19). The summed E-state index contributed by atoms with van der Waals surface area (Å²) in [6, 6.07) is 3.94. The van der Waals surface area contributed by atoms with E-state index in [1.807, 2.05) is 0 Å². The van der Waals surface area contributed by atoms with Gasteiger partial charge in [0, 0.05) is 18.3 Å². The van der Waals surface area contributed by atoms with Crippen LogP contribution in [0, 0.1) is 17.5 Å². The minimum Gasteiger partial charge on any atom is -0.462 e. The number of rotatable bonds is 4. The van der Waals surface area contributed by atoms with Crippen LogP contribution in [0.1, 0.15) is 17.3 Å². The van der Waals surface area contributed by atoms with Crippen molar-refractivity contribution in [3.05, 3.63) is 53.5 Å². The lowest BCUT2D eigenvalue weighted by Gasteiger charge is -2.08. The molecule has 0 aliphatic rings. The Morgan fingerprint density at radius 1 is 1.19 bits per heavy atom. The number of esters is 1. The molecule has 110 valence electrons. The highest BCUT2D eigenvalue weighted by atomic mass is 19.2. The Balaban J connectivity index is 2.17. The van der Waals surface area contributed by atoms with Crippen molar-refractivity contribution < 1.29 is 22.7 Å². The quantitative estimate of drug-likeness (QED) is 0.694. The zero-order valence-electron chi connectivity index (χ0n) is 11.0. The Hall–Kier alpha value is -2.57. The van der Waals surface area contributed by atoms with Crippen molar-refractivity contribution in [3.8, 4) is 0 Å².